The summed E-state index contributed by atoms with van der Waals surface area (Å²) in [6.45, 7) is 5.14. The number of hydrogen-bond donors (Lipinski definition) is 0. The van der Waals surface area contributed by atoms with E-state index in [-0.39, 0.29) is 22.5 Å². The Hall–Kier alpha value is -2.11. The molecule has 4 atom stereocenters. The number of non-ortho nitro benzene ring substituents is 1. The van der Waals surface area contributed by atoms with Crippen LogP contribution in [0.4, 0.5) is 5.69 Å². The highest BCUT2D eigenvalue weighted by Gasteiger charge is 2.60. The lowest BCUT2D eigenvalue weighted by atomic mass is 9.66. The summed E-state index contributed by atoms with van der Waals surface area (Å²) in [4.78, 5) is 22.4. The highest BCUT2D eigenvalue weighted by molar-refractivity contribution is 5.70. The Balaban J connectivity index is 1.64. The lowest BCUT2D eigenvalue weighted by molar-refractivity contribution is -0.384. The maximum absolute atomic E-state index is 12.1. The highest BCUT2D eigenvalue weighted by atomic mass is 16.6. The first-order valence-corrected chi connectivity index (χ1v) is 10.3. The summed E-state index contributed by atoms with van der Waals surface area (Å²) in [7, 11) is 1.48. The minimum atomic E-state index is -0.407. The van der Waals surface area contributed by atoms with E-state index in [2.05, 4.69) is 13.8 Å². The molecule has 2 bridgehead atoms. The fraction of sp³-hybridized carbons (Fsp3) is 0.682. The van der Waals surface area contributed by atoms with Crippen molar-refractivity contribution in [1.82, 2.24) is 0 Å². The van der Waals surface area contributed by atoms with Crippen LogP contribution in [0.2, 0.25) is 0 Å². The van der Waals surface area contributed by atoms with Gasteiger partial charge >= 0.3 is 5.97 Å². The lowest BCUT2D eigenvalue weighted by Crippen LogP contribution is -2.33. The second-order valence-corrected chi connectivity index (χ2v) is 8.84. The van der Waals surface area contributed by atoms with Gasteiger partial charge in [0.25, 0.3) is 5.69 Å². The molecule has 0 aromatic heterocycles. The van der Waals surface area contributed by atoms with Crippen molar-refractivity contribution in [3.63, 3.8) is 0 Å². The van der Waals surface area contributed by atoms with Gasteiger partial charge in [-0.1, -0.05) is 20.3 Å². The first kappa shape index (κ1) is 20.6. The number of fused-ring (bicyclic) bond motifs is 2. The summed E-state index contributed by atoms with van der Waals surface area (Å²) in [5.41, 5.74) is 0.389. The molecule has 2 aliphatic rings. The molecule has 3 rings (SSSR count). The molecule has 0 radical (unpaired) electrons. The van der Waals surface area contributed by atoms with Gasteiger partial charge in [-0.05, 0) is 66.9 Å². The fourth-order valence-electron chi connectivity index (χ4n) is 5.71. The molecule has 2 aliphatic carbocycles. The number of methoxy groups -OCH3 is 1. The molecule has 6 heteroatoms. The van der Waals surface area contributed by atoms with Crippen LogP contribution in [0.3, 0.4) is 0 Å². The smallest absolute Gasteiger partial charge is 0.306 e. The Labute approximate surface area is 166 Å². The van der Waals surface area contributed by atoms with E-state index in [1.165, 1.54) is 19.2 Å². The molecule has 2 fully saturated rings. The Kier molecular flexibility index (Phi) is 5.96. The third kappa shape index (κ3) is 4.01. The lowest BCUT2D eigenvalue weighted by Gasteiger charge is -2.39. The van der Waals surface area contributed by atoms with Crippen molar-refractivity contribution < 1.29 is 19.2 Å². The number of nitrogens with zero attached hydrogens (tertiary/aromatic N) is 1. The van der Waals surface area contributed by atoms with E-state index in [9.17, 15) is 14.9 Å². The molecule has 3 unspecified atom stereocenters. The van der Waals surface area contributed by atoms with E-state index in [1.807, 2.05) is 0 Å². The third-order valence-corrected chi connectivity index (χ3v) is 7.32. The van der Waals surface area contributed by atoms with Crippen molar-refractivity contribution in [3.05, 3.63) is 34.4 Å². The van der Waals surface area contributed by atoms with Crippen molar-refractivity contribution in [2.45, 2.75) is 58.8 Å². The van der Waals surface area contributed by atoms with Gasteiger partial charge in [-0.2, -0.15) is 0 Å². The molecule has 6 nitrogen and oxygen atoms in total. The predicted molar refractivity (Wildman–Crippen MR) is 106 cm³/mol. The molecule has 28 heavy (non-hydrogen) atoms. The zero-order valence-electron chi connectivity index (χ0n) is 17.1. The van der Waals surface area contributed by atoms with Crippen LogP contribution >= 0.6 is 0 Å². The Bertz CT molecular complexity index is 718. The average Bonchev–Trinajstić information content (AvgIpc) is 3.20. The zero-order valence-corrected chi connectivity index (χ0v) is 17.1. The molecule has 2 saturated carbocycles. The second kappa shape index (κ2) is 8.10. The van der Waals surface area contributed by atoms with Gasteiger partial charge in [0.1, 0.15) is 5.75 Å². The van der Waals surface area contributed by atoms with Gasteiger partial charge in [0, 0.05) is 12.1 Å². The van der Waals surface area contributed by atoms with Crippen LogP contribution in [-0.4, -0.2) is 24.6 Å². The first-order valence-electron chi connectivity index (χ1n) is 10.3. The molecular formula is C22H31NO5. The number of carbonyl (C=O) groups excluding carboxylic acids is 1. The van der Waals surface area contributed by atoms with E-state index < -0.39 is 4.92 Å². The SMILES string of the molecule is CC[C@@H](C)C1CC2(CCOc3ccc([N+](=O)[O-])cc3)CCC1(CC(=O)OC)C2. The Morgan fingerprint density at radius 1 is 1.32 bits per heavy atom. The standard InChI is InChI=1S/C22H31NO5/c1-4-16(2)19-13-21(9-10-22(19,15-21)14-20(24)27-3)11-12-28-18-7-5-17(6-8-18)23(25)26/h5-8,16,19H,4,9-15H2,1-3H3/t16-,19?,21?,22?/m1/s1. The van der Waals surface area contributed by atoms with Gasteiger partial charge in [0.05, 0.1) is 25.1 Å². The minimum Gasteiger partial charge on any atom is -0.494 e. The molecule has 1 aromatic carbocycles. The third-order valence-electron chi connectivity index (χ3n) is 7.32. The number of nitro benzene ring substituents is 1. The van der Waals surface area contributed by atoms with Gasteiger partial charge < -0.3 is 9.47 Å². The Morgan fingerprint density at radius 3 is 2.64 bits per heavy atom. The fourth-order valence-corrected chi connectivity index (χ4v) is 5.71. The number of nitro groups is 1. The summed E-state index contributed by atoms with van der Waals surface area (Å²) in [6.07, 6.45) is 7.08. The molecule has 0 saturated heterocycles. The predicted octanol–water partition coefficient (Wildman–Crippen LogP) is 5.15. The van der Waals surface area contributed by atoms with Crippen molar-refractivity contribution >= 4 is 11.7 Å². The number of esters is 1. The van der Waals surface area contributed by atoms with Gasteiger partial charge in [-0.25, -0.2) is 0 Å². The van der Waals surface area contributed by atoms with E-state index in [0.717, 1.165) is 38.5 Å². The van der Waals surface area contributed by atoms with Gasteiger partial charge in [-0.3, -0.25) is 14.9 Å². The normalized spacial score (nSPS) is 29.5. The van der Waals surface area contributed by atoms with E-state index >= 15 is 0 Å². The van der Waals surface area contributed by atoms with Crippen LogP contribution in [0.5, 0.6) is 5.75 Å². The van der Waals surface area contributed by atoms with E-state index in [1.54, 1.807) is 12.1 Å². The molecule has 0 aliphatic heterocycles. The maximum atomic E-state index is 12.1. The number of carbonyl (C=O) groups is 1. The highest BCUT2D eigenvalue weighted by Crippen LogP contribution is 2.69. The summed E-state index contributed by atoms with van der Waals surface area (Å²) < 4.78 is 10.9. The first-order chi connectivity index (χ1) is 13.3. The molecule has 0 amide bonds. The molecule has 154 valence electrons. The Morgan fingerprint density at radius 2 is 2.04 bits per heavy atom. The molecule has 0 spiro atoms. The van der Waals surface area contributed by atoms with Crippen LogP contribution in [0.15, 0.2) is 24.3 Å². The van der Waals surface area contributed by atoms with Gasteiger partial charge in [-0.15, -0.1) is 0 Å². The molecular weight excluding hydrogens is 358 g/mol. The molecule has 1 aromatic rings. The number of ether oxygens (including phenoxy) is 2. The minimum absolute atomic E-state index is 0.0709. The average molecular weight is 389 g/mol. The van der Waals surface area contributed by atoms with Gasteiger partial charge in [0.15, 0.2) is 0 Å². The maximum Gasteiger partial charge on any atom is 0.306 e. The van der Waals surface area contributed by atoms with Gasteiger partial charge in [0.2, 0.25) is 0 Å². The molecule has 0 N–H and O–H groups in total. The summed E-state index contributed by atoms with van der Waals surface area (Å²) in [5, 5.41) is 10.8. The summed E-state index contributed by atoms with van der Waals surface area (Å²) in [6, 6.07) is 6.25. The van der Waals surface area contributed by atoms with Crippen LogP contribution in [-0.2, 0) is 9.53 Å². The van der Waals surface area contributed by atoms with Crippen LogP contribution < -0.4 is 4.74 Å². The summed E-state index contributed by atoms with van der Waals surface area (Å²) in [5.74, 6) is 1.73. The topological polar surface area (TPSA) is 78.7 Å². The van der Waals surface area contributed by atoms with Crippen LogP contribution in [0.25, 0.3) is 0 Å². The van der Waals surface area contributed by atoms with Crippen LogP contribution in [0.1, 0.15) is 58.8 Å². The largest absolute Gasteiger partial charge is 0.494 e. The second-order valence-electron chi connectivity index (χ2n) is 8.84. The van der Waals surface area contributed by atoms with Crippen molar-refractivity contribution in [3.8, 4) is 5.75 Å². The number of hydrogen-bond acceptors (Lipinski definition) is 5. The number of benzene rings is 1. The molecule has 0 heterocycles. The van der Waals surface area contributed by atoms with Crippen molar-refractivity contribution in [2.75, 3.05) is 13.7 Å². The van der Waals surface area contributed by atoms with Crippen molar-refractivity contribution in [2.24, 2.45) is 22.7 Å². The van der Waals surface area contributed by atoms with Crippen molar-refractivity contribution in [1.29, 1.82) is 0 Å². The van der Waals surface area contributed by atoms with Crippen LogP contribution in [0, 0.1) is 32.8 Å². The zero-order chi connectivity index (χ0) is 20.4. The number of rotatable bonds is 9. The van der Waals surface area contributed by atoms with E-state index in [0.29, 0.717) is 30.6 Å². The summed E-state index contributed by atoms with van der Waals surface area (Å²) >= 11 is 0. The monoisotopic (exact) mass is 389 g/mol. The quantitative estimate of drug-likeness (QED) is 0.331. The van der Waals surface area contributed by atoms with E-state index in [4.69, 9.17) is 9.47 Å².